The number of nitrogens with zero attached hydrogens (tertiary/aromatic N) is 5. The van der Waals surface area contributed by atoms with E-state index in [2.05, 4.69) is 25.3 Å². The van der Waals surface area contributed by atoms with Crippen LogP contribution >= 0.6 is 0 Å². The summed E-state index contributed by atoms with van der Waals surface area (Å²) in [6, 6.07) is 4.08. The lowest BCUT2D eigenvalue weighted by atomic mass is 10.2. The highest BCUT2D eigenvalue weighted by molar-refractivity contribution is 6.04. The van der Waals surface area contributed by atoms with Gasteiger partial charge in [-0.25, -0.2) is 23.7 Å². The van der Waals surface area contributed by atoms with E-state index in [1.165, 1.54) is 43.0 Å². The Morgan fingerprint density at radius 3 is 2.37 bits per heavy atom. The molecule has 2 amide bonds. The molecule has 3 aromatic rings. The van der Waals surface area contributed by atoms with Crippen LogP contribution in [0.1, 0.15) is 33.0 Å². The van der Waals surface area contributed by atoms with Crippen molar-refractivity contribution in [2.75, 3.05) is 31.8 Å². The lowest BCUT2D eigenvalue weighted by Crippen LogP contribution is -2.42. The van der Waals surface area contributed by atoms with Gasteiger partial charge in [0.05, 0.1) is 30.5 Å². The van der Waals surface area contributed by atoms with Crippen molar-refractivity contribution in [2.45, 2.75) is 19.4 Å². The summed E-state index contributed by atoms with van der Waals surface area (Å²) in [5.41, 5.74) is 0.937. The summed E-state index contributed by atoms with van der Waals surface area (Å²) in [4.78, 5) is 43.0. The third-order valence-electron chi connectivity index (χ3n) is 5.02. The Morgan fingerprint density at radius 2 is 1.77 bits per heavy atom. The van der Waals surface area contributed by atoms with Gasteiger partial charge in [0.1, 0.15) is 30.5 Å². The van der Waals surface area contributed by atoms with Crippen LogP contribution in [-0.4, -0.2) is 69.2 Å². The van der Waals surface area contributed by atoms with E-state index in [1.807, 2.05) is 0 Å². The molecule has 1 aromatic carbocycles. The molecule has 4 rings (SSSR count). The number of anilines is 1. The highest BCUT2D eigenvalue weighted by Gasteiger charge is 2.23. The van der Waals surface area contributed by atoms with Crippen LogP contribution in [0.25, 0.3) is 0 Å². The van der Waals surface area contributed by atoms with Crippen LogP contribution in [0.15, 0.2) is 43.0 Å². The van der Waals surface area contributed by atoms with Crippen molar-refractivity contribution in [2.24, 2.45) is 0 Å². The van der Waals surface area contributed by atoms with Crippen LogP contribution in [0, 0.1) is 6.92 Å². The van der Waals surface area contributed by atoms with Crippen LogP contribution in [0.2, 0.25) is 0 Å². The molecule has 0 bridgehead atoms. The maximum Gasteiger partial charge on any atom is 0.274 e. The predicted octanol–water partition coefficient (Wildman–Crippen LogP) is 3.15. The standard InChI is InChI=1S/C23H22F2N6O4/c1-14-10-28-20(12-26-14)30-22(32)15-5-16(34-18(8-24)9-25)7-17(6-15)35-21-13-27-19(11-29-21)23(33)31-3-2-4-31/h5-7,10-13,18H,2-4,8-9H2,1H3,(H,28,30,32). The SMILES string of the molecule is Cc1cnc(NC(=O)c2cc(Oc3cnc(C(=O)N4CCC4)cn3)cc(OC(CF)CF)c2)cn1. The first-order chi connectivity index (χ1) is 16.9. The molecule has 0 radical (unpaired) electrons. The molecule has 1 aliphatic rings. The molecule has 35 heavy (non-hydrogen) atoms. The molecular formula is C23H22F2N6O4. The van der Waals surface area contributed by atoms with Crippen LogP contribution in [-0.2, 0) is 0 Å². The number of hydrogen-bond donors (Lipinski definition) is 1. The van der Waals surface area contributed by atoms with Gasteiger partial charge in [-0.3, -0.25) is 14.6 Å². The van der Waals surface area contributed by atoms with Gasteiger partial charge in [0.2, 0.25) is 5.88 Å². The largest absolute Gasteiger partial charge is 0.485 e. The summed E-state index contributed by atoms with van der Waals surface area (Å²) >= 11 is 0. The summed E-state index contributed by atoms with van der Waals surface area (Å²) in [5.74, 6) is -0.404. The summed E-state index contributed by atoms with van der Waals surface area (Å²) < 4.78 is 37.0. The summed E-state index contributed by atoms with van der Waals surface area (Å²) in [6.07, 6.45) is 5.07. The van der Waals surface area contributed by atoms with Gasteiger partial charge in [-0.05, 0) is 25.5 Å². The number of likely N-dealkylation sites (tertiary alicyclic amines) is 1. The van der Waals surface area contributed by atoms with Gasteiger partial charge in [0.25, 0.3) is 11.8 Å². The number of aromatic nitrogens is 4. The molecule has 0 aliphatic carbocycles. The fourth-order valence-corrected chi connectivity index (χ4v) is 3.05. The number of rotatable bonds is 9. The minimum absolute atomic E-state index is 0.0143. The van der Waals surface area contributed by atoms with Gasteiger partial charge in [-0.15, -0.1) is 0 Å². The number of nitrogens with one attached hydrogen (secondary N) is 1. The number of aryl methyl sites for hydroxylation is 1. The van der Waals surface area contributed by atoms with E-state index in [9.17, 15) is 18.4 Å². The van der Waals surface area contributed by atoms with Gasteiger partial charge in [0, 0.05) is 24.7 Å². The second-order valence-corrected chi connectivity index (χ2v) is 7.73. The van der Waals surface area contributed by atoms with Crippen LogP contribution < -0.4 is 14.8 Å². The number of benzene rings is 1. The van der Waals surface area contributed by atoms with Crippen molar-refractivity contribution in [1.82, 2.24) is 24.8 Å². The number of carbonyl (C=O) groups is 2. The van der Waals surface area contributed by atoms with Crippen LogP contribution in [0.4, 0.5) is 14.6 Å². The van der Waals surface area contributed by atoms with Crippen molar-refractivity contribution in [1.29, 1.82) is 0 Å². The molecule has 12 heteroatoms. The third kappa shape index (κ3) is 6.02. The summed E-state index contributed by atoms with van der Waals surface area (Å²) in [5, 5.41) is 2.58. The predicted molar refractivity (Wildman–Crippen MR) is 120 cm³/mol. The van der Waals surface area contributed by atoms with Crippen molar-refractivity contribution < 1.29 is 27.8 Å². The molecule has 1 N–H and O–H groups in total. The van der Waals surface area contributed by atoms with E-state index in [-0.39, 0.29) is 40.4 Å². The van der Waals surface area contributed by atoms with Crippen LogP contribution in [0.3, 0.4) is 0 Å². The van der Waals surface area contributed by atoms with E-state index >= 15 is 0 Å². The molecule has 0 atom stereocenters. The molecule has 1 saturated heterocycles. The third-order valence-corrected chi connectivity index (χ3v) is 5.02. The molecular weight excluding hydrogens is 462 g/mol. The van der Waals surface area contributed by atoms with Gasteiger partial charge in [-0.1, -0.05) is 0 Å². The molecule has 0 spiro atoms. The monoisotopic (exact) mass is 484 g/mol. The van der Waals surface area contributed by atoms with E-state index in [1.54, 1.807) is 11.8 Å². The molecule has 0 unspecified atom stereocenters. The lowest BCUT2D eigenvalue weighted by Gasteiger charge is -2.30. The van der Waals surface area contributed by atoms with Crippen LogP contribution in [0.5, 0.6) is 17.4 Å². The first-order valence-corrected chi connectivity index (χ1v) is 10.8. The average Bonchev–Trinajstić information content (AvgIpc) is 2.83. The Bertz CT molecular complexity index is 1190. The highest BCUT2D eigenvalue weighted by Crippen LogP contribution is 2.28. The normalized spacial score (nSPS) is 12.7. The zero-order chi connectivity index (χ0) is 24.8. The second-order valence-electron chi connectivity index (χ2n) is 7.73. The second kappa shape index (κ2) is 10.8. The Kier molecular flexibility index (Phi) is 7.38. The van der Waals surface area contributed by atoms with Crippen molar-refractivity contribution in [3.05, 3.63) is 59.9 Å². The Labute approximate surface area is 199 Å². The highest BCUT2D eigenvalue weighted by atomic mass is 19.1. The molecule has 2 aromatic heterocycles. The molecule has 10 nitrogen and oxygen atoms in total. The average molecular weight is 484 g/mol. The number of amides is 2. The summed E-state index contributed by atoms with van der Waals surface area (Å²) in [7, 11) is 0. The van der Waals surface area contributed by atoms with Gasteiger partial charge >= 0.3 is 0 Å². The molecule has 3 heterocycles. The molecule has 1 aliphatic heterocycles. The van der Waals surface area contributed by atoms with Crippen molar-refractivity contribution >= 4 is 17.6 Å². The van der Waals surface area contributed by atoms with E-state index < -0.39 is 25.4 Å². The van der Waals surface area contributed by atoms with Gasteiger partial charge in [0.15, 0.2) is 11.9 Å². The maximum absolute atomic E-state index is 13.0. The Morgan fingerprint density at radius 1 is 1.00 bits per heavy atom. The number of halogens is 2. The van der Waals surface area contributed by atoms with Gasteiger partial charge in [-0.2, -0.15) is 0 Å². The van der Waals surface area contributed by atoms with Crippen molar-refractivity contribution in [3.8, 4) is 17.4 Å². The number of ether oxygens (including phenoxy) is 2. The number of alkyl halides is 2. The first-order valence-electron chi connectivity index (χ1n) is 10.8. The fourth-order valence-electron chi connectivity index (χ4n) is 3.05. The van der Waals surface area contributed by atoms with E-state index in [0.717, 1.165) is 6.42 Å². The Hall–Kier alpha value is -4.22. The zero-order valence-electron chi connectivity index (χ0n) is 18.8. The maximum atomic E-state index is 13.0. The summed E-state index contributed by atoms with van der Waals surface area (Å²) in [6.45, 7) is 1.01. The quantitative estimate of drug-likeness (QED) is 0.492. The number of hydrogen-bond acceptors (Lipinski definition) is 8. The molecule has 1 fully saturated rings. The fraction of sp³-hybridized carbons (Fsp3) is 0.304. The zero-order valence-corrected chi connectivity index (χ0v) is 18.8. The minimum atomic E-state index is -1.34. The Balaban J connectivity index is 1.55. The van der Waals surface area contributed by atoms with E-state index in [0.29, 0.717) is 18.8 Å². The number of carbonyl (C=O) groups excluding carboxylic acids is 2. The van der Waals surface area contributed by atoms with Crippen molar-refractivity contribution in [3.63, 3.8) is 0 Å². The topological polar surface area (TPSA) is 119 Å². The first kappa shape index (κ1) is 23.9. The smallest absolute Gasteiger partial charge is 0.274 e. The van der Waals surface area contributed by atoms with E-state index in [4.69, 9.17) is 9.47 Å². The van der Waals surface area contributed by atoms with Gasteiger partial charge < -0.3 is 19.7 Å². The lowest BCUT2D eigenvalue weighted by molar-refractivity contribution is 0.0645. The minimum Gasteiger partial charge on any atom is -0.485 e. The molecule has 0 saturated carbocycles. The molecule has 182 valence electrons.